The highest BCUT2D eigenvalue weighted by atomic mass is 127. The van der Waals surface area contributed by atoms with Crippen LogP contribution in [-0.2, 0) is 0 Å². The summed E-state index contributed by atoms with van der Waals surface area (Å²) in [7, 11) is 0. The van der Waals surface area contributed by atoms with Crippen LogP contribution in [-0.4, -0.2) is 4.98 Å². The Balaban J connectivity index is 0.000000223. The van der Waals surface area contributed by atoms with E-state index >= 15 is 0 Å². The second-order valence-electron chi connectivity index (χ2n) is 2.53. The van der Waals surface area contributed by atoms with Crippen molar-refractivity contribution in [1.82, 2.24) is 4.98 Å². The average molecular weight is 289 g/mol. The quantitative estimate of drug-likeness (QED) is 0.600. The number of hydrogen-bond acceptors (Lipinski definition) is 1. The van der Waals surface area contributed by atoms with E-state index in [9.17, 15) is 0 Å². The van der Waals surface area contributed by atoms with E-state index in [2.05, 4.69) is 44.7 Å². The summed E-state index contributed by atoms with van der Waals surface area (Å²) in [6.07, 6.45) is 9.59. The molecule has 0 aliphatic rings. The van der Waals surface area contributed by atoms with Crippen LogP contribution in [0.2, 0.25) is 0 Å². The van der Waals surface area contributed by atoms with Crippen molar-refractivity contribution in [3.05, 3.63) is 40.8 Å². The lowest BCUT2D eigenvalue weighted by Gasteiger charge is -1.83. The van der Waals surface area contributed by atoms with E-state index < -0.39 is 0 Å². The van der Waals surface area contributed by atoms with E-state index in [1.54, 1.807) is 12.4 Å². The minimum atomic E-state index is 1.25. The lowest BCUT2D eigenvalue weighted by atomic mass is 10.3. The van der Waals surface area contributed by atoms with E-state index in [4.69, 9.17) is 0 Å². The molecule has 0 unspecified atom stereocenters. The van der Waals surface area contributed by atoms with Gasteiger partial charge in [0.25, 0.3) is 0 Å². The van der Waals surface area contributed by atoms with Gasteiger partial charge in [0.15, 0.2) is 0 Å². The van der Waals surface area contributed by atoms with Gasteiger partial charge in [-0.1, -0.05) is 54.5 Å². The van der Waals surface area contributed by atoms with Gasteiger partial charge in [-0.2, -0.15) is 0 Å². The largest absolute Gasteiger partial charge is 0.265 e. The summed E-state index contributed by atoms with van der Waals surface area (Å²) in [5.41, 5.74) is 0. The molecule has 13 heavy (non-hydrogen) atoms. The summed E-state index contributed by atoms with van der Waals surface area (Å²) in [6.45, 7) is 2.21. The van der Waals surface area contributed by atoms with Crippen LogP contribution in [0.3, 0.4) is 0 Å². The molecule has 0 aliphatic carbocycles. The zero-order valence-electron chi connectivity index (χ0n) is 7.99. The molecular formula is C11H16IN. The molecule has 1 rings (SSSR count). The maximum atomic E-state index is 3.78. The molecule has 1 heterocycles. The second-order valence-corrected chi connectivity index (χ2v) is 3.25. The van der Waals surface area contributed by atoms with Gasteiger partial charge in [0.2, 0.25) is 0 Å². The maximum Gasteiger partial charge on any atom is 0.0267 e. The molecule has 0 saturated carbocycles. The van der Waals surface area contributed by atoms with E-state index in [-0.39, 0.29) is 0 Å². The smallest absolute Gasteiger partial charge is 0.0267 e. The molecule has 0 aromatic carbocycles. The van der Waals surface area contributed by atoms with E-state index in [0.29, 0.717) is 0 Å². The van der Waals surface area contributed by atoms with Crippen molar-refractivity contribution in [2.45, 2.75) is 26.2 Å². The fourth-order valence-electron chi connectivity index (χ4n) is 0.698. The number of nitrogens with zero attached hydrogens (tertiary/aromatic N) is 1. The standard InChI is InChI=1S/C6H11I.C5H5N/c1-2-3-4-5-6-7;1-2-4-6-5-3-1/h5-6H,2-4H2,1H3;1-5H. The molecule has 0 atom stereocenters. The number of halogens is 1. The van der Waals surface area contributed by atoms with Gasteiger partial charge < -0.3 is 0 Å². The minimum absolute atomic E-state index is 1.25. The number of hydrogen-bond donors (Lipinski definition) is 0. The Bertz CT molecular complexity index is 170. The molecule has 0 amide bonds. The van der Waals surface area contributed by atoms with Gasteiger partial charge in [-0.3, -0.25) is 4.98 Å². The lowest BCUT2D eigenvalue weighted by molar-refractivity contribution is 0.816. The highest BCUT2D eigenvalue weighted by Crippen LogP contribution is 1.96. The summed E-state index contributed by atoms with van der Waals surface area (Å²) in [6, 6.07) is 5.72. The van der Waals surface area contributed by atoms with E-state index in [0.717, 1.165) is 0 Å². The number of rotatable bonds is 3. The fourth-order valence-corrected chi connectivity index (χ4v) is 1.06. The van der Waals surface area contributed by atoms with Gasteiger partial charge in [-0.05, 0) is 22.6 Å². The highest BCUT2D eigenvalue weighted by molar-refractivity contribution is 14.1. The first-order valence-electron chi connectivity index (χ1n) is 4.52. The maximum absolute atomic E-state index is 3.78. The normalized spacial score (nSPS) is 9.38. The summed E-state index contributed by atoms with van der Waals surface area (Å²) in [5, 5.41) is 0. The molecule has 1 nitrogen and oxygen atoms in total. The van der Waals surface area contributed by atoms with Crippen LogP contribution in [0.4, 0.5) is 0 Å². The van der Waals surface area contributed by atoms with Crippen LogP contribution in [0.25, 0.3) is 0 Å². The Labute approximate surface area is 94.4 Å². The predicted molar refractivity (Wildman–Crippen MR) is 66.9 cm³/mol. The first-order chi connectivity index (χ1) is 6.41. The summed E-state index contributed by atoms with van der Waals surface area (Å²) >= 11 is 2.25. The zero-order chi connectivity index (χ0) is 9.78. The van der Waals surface area contributed by atoms with Crippen LogP contribution in [0.1, 0.15) is 26.2 Å². The number of pyridine rings is 1. The van der Waals surface area contributed by atoms with Gasteiger partial charge in [-0.25, -0.2) is 0 Å². The van der Waals surface area contributed by atoms with Gasteiger partial charge in [-0.15, -0.1) is 0 Å². The summed E-state index contributed by atoms with van der Waals surface area (Å²) < 4.78 is 2.08. The van der Waals surface area contributed by atoms with Crippen LogP contribution < -0.4 is 0 Å². The predicted octanol–water partition coefficient (Wildman–Crippen LogP) is 4.21. The number of aromatic nitrogens is 1. The number of unbranched alkanes of at least 4 members (excludes halogenated alkanes) is 2. The third-order valence-corrected chi connectivity index (χ3v) is 1.89. The molecular weight excluding hydrogens is 273 g/mol. The van der Waals surface area contributed by atoms with Gasteiger partial charge in [0, 0.05) is 12.4 Å². The van der Waals surface area contributed by atoms with Crippen LogP contribution >= 0.6 is 22.6 Å². The van der Waals surface area contributed by atoms with Crippen LogP contribution in [0.5, 0.6) is 0 Å². The van der Waals surface area contributed by atoms with E-state index in [1.165, 1.54) is 19.3 Å². The van der Waals surface area contributed by atoms with Crippen molar-refractivity contribution in [3.8, 4) is 0 Å². The summed E-state index contributed by atoms with van der Waals surface area (Å²) in [5.74, 6) is 0. The molecule has 0 radical (unpaired) electrons. The molecule has 0 aliphatic heterocycles. The van der Waals surface area contributed by atoms with Gasteiger partial charge in [0.05, 0.1) is 0 Å². The third kappa shape index (κ3) is 11.6. The Morgan fingerprint density at radius 1 is 1.23 bits per heavy atom. The second kappa shape index (κ2) is 11.6. The molecule has 1 aromatic rings. The molecule has 1 aromatic heterocycles. The first-order valence-corrected chi connectivity index (χ1v) is 5.76. The average Bonchev–Trinajstić information content (AvgIpc) is 2.22. The molecule has 0 fully saturated rings. The van der Waals surface area contributed by atoms with Crippen molar-refractivity contribution in [1.29, 1.82) is 0 Å². The van der Waals surface area contributed by atoms with Gasteiger partial charge >= 0.3 is 0 Å². The molecule has 0 N–H and O–H groups in total. The van der Waals surface area contributed by atoms with Crippen molar-refractivity contribution in [2.75, 3.05) is 0 Å². The van der Waals surface area contributed by atoms with Crippen LogP contribution in [0, 0.1) is 0 Å². The molecule has 0 spiro atoms. The van der Waals surface area contributed by atoms with Gasteiger partial charge in [0.1, 0.15) is 0 Å². The Kier molecular flexibility index (Phi) is 11.3. The van der Waals surface area contributed by atoms with Crippen molar-refractivity contribution < 1.29 is 0 Å². The van der Waals surface area contributed by atoms with Crippen LogP contribution in [0.15, 0.2) is 40.8 Å². The Hall–Kier alpha value is -0.380. The fraction of sp³-hybridized carbons (Fsp3) is 0.364. The monoisotopic (exact) mass is 289 g/mol. The van der Waals surface area contributed by atoms with Crippen molar-refractivity contribution in [3.63, 3.8) is 0 Å². The topological polar surface area (TPSA) is 12.9 Å². The van der Waals surface area contributed by atoms with E-state index in [1.807, 2.05) is 18.2 Å². The van der Waals surface area contributed by atoms with Crippen molar-refractivity contribution in [2.24, 2.45) is 0 Å². The highest BCUT2D eigenvalue weighted by Gasteiger charge is 1.73. The van der Waals surface area contributed by atoms with Crippen molar-refractivity contribution >= 4 is 22.6 Å². The Morgan fingerprint density at radius 2 is 1.92 bits per heavy atom. The number of allylic oxidation sites excluding steroid dienone is 1. The minimum Gasteiger partial charge on any atom is -0.265 e. The lowest BCUT2D eigenvalue weighted by Crippen LogP contribution is -1.62. The first kappa shape index (κ1) is 12.6. The Morgan fingerprint density at radius 3 is 2.23 bits per heavy atom. The third-order valence-electron chi connectivity index (χ3n) is 1.38. The molecule has 0 bridgehead atoms. The molecule has 2 heteroatoms. The molecule has 0 saturated heterocycles. The SMILES string of the molecule is CCCCC=CI.c1ccncc1. The summed E-state index contributed by atoms with van der Waals surface area (Å²) in [4.78, 5) is 3.78. The zero-order valence-corrected chi connectivity index (χ0v) is 10.1. The molecule has 72 valence electrons.